The Morgan fingerprint density at radius 1 is 1.77 bits per heavy atom. The SMILES string of the molecule is Cc1cnn(CC(C)O)c1C(=O)O. The quantitative estimate of drug-likeness (QED) is 0.707. The molecular formula is C8H12N2O3. The number of rotatable bonds is 3. The average Bonchev–Trinajstić information content (AvgIpc) is 2.30. The second kappa shape index (κ2) is 3.57. The molecule has 0 aliphatic heterocycles. The summed E-state index contributed by atoms with van der Waals surface area (Å²) in [6.07, 6.45) is 0.878. The maximum absolute atomic E-state index is 10.7. The lowest BCUT2D eigenvalue weighted by molar-refractivity contribution is 0.0677. The second-order valence-electron chi connectivity index (χ2n) is 3.01. The van der Waals surface area contributed by atoms with Crippen molar-refractivity contribution in [3.05, 3.63) is 17.5 Å². The average molecular weight is 184 g/mol. The molecule has 5 heteroatoms. The third kappa shape index (κ3) is 2.06. The number of nitrogens with zero attached hydrogens (tertiary/aromatic N) is 2. The molecule has 0 saturated carbocycles. The molecule has 0 aliphatic carbocycles. The van der Waals surface area contributed by atoms with Crippen LogP contribution in [-0.2, 0) is 6.54 Å². The molecule has 72 valence electrons. The molecule has 0 spiro atoms. The van der Waals surface area contributed by atoms with Crippen molar-refractivity contribution in [3.8, 4) is 0 Å². The van der Waals surface area contributed by atoms with Gasteiger partial charge in [-0.3, -0.25) is 4.68 Å². The minimum atomic E-state index is -1.02. The summed E-state index contributed by atoms with van der Waals surface area (Å²) in [7, 11) is 0. The van der Waals surface area contributed by atoms with E-state index in [4.69, 9.17) is 10.2 Å². The fourth-order valence-corrected chi connectivity index (χ4v) is 1.15. The largest absolute Gasteiger partial charge is 0.477 e. The van der Waals surface area contributed by atoms with Gasteiger partial charge in [-0.15, -0.1) is 0 Å². The van der Waals surface area contributed by atoms with E-state index < -0.39 is 12.1 Å². The number of aryl methyl sites for hydroxylation is 1. The van der Waals surface area contributed by atoms with E-state index in [9.17, 15) is 4.79 Å². The topological polar surface area (TPSA) is 75.3 Å². The maximum Gasteiger partial charge on any atom is 0.354 e. The fraction of sp³-hybridized carbons (Fsp3) is 0.500. The Hall–Kier alpha value is -1.36. The first-order valence-corrected chi connectivity index (χ1v) is 3.96. The van der Waals surface area contributed by atoms with Gasteiger partial charge in [0, 0.05) is 5.56 Å². The number of carboxylic acid groups (broad SMARTS) is 1. The van der Waals surface area contributed by atoms with E-state index >= 15 is 0 Å². The molecule has 1 heterocycles. The fourth-order valence-electron chi connectivity index (χ4n) is 1.15. The summed E-state index contributed by atoms with van der Waals surface area (Å²) < 4.78 is 1.29. The van der Waals surface area contributed by atoms with E-state index in [1.807, 2.05) is 0 Å². The highest BCUT2D eigenvalue weighted by molar-refractivity contribution is 5.87. The van der Waals surface area contributed by atoms with Gasteiger partial charge in [-0.2, -0.15) is 5.10 Å². The summed E-state index contributed by atoms with van der Waals surface area (Å²) >= 11 is 0. The number of aliphatic hydroxyl groups is 1. The van der Waals surface area contributed by atoms with Gasteiger partial charge in [0.25, 0.3) is 0 Å². The van der Waals surface area contributed by atoms with Crippen molar-refractivity contribution in [2.45, 2.75) is 26.5 Å². The van der Waals surface area contributed by atoms with Crippen molar-refractivity contribution in [1.82, 2.24) is 9.78 Å². The molecule has 0 bridgehead atoms. The molecule has 0 aliphatic rings. The monoisotopic (exact) mass is 184 g/mol. The van der Waals surface area contributed by atoms with Gasteiger partial charge in [0.15, 0.2) is 0 Å². The van der Waals surface area contributed by atoms with E-state index in [1.54, 1.807) is 13.8 Å². The number of hydrogen-bond donors (Lipinski definition) is 2. The highest BCUT2D eigenvalue weighted by Crippen LogP contribution is 2.07. The van der Waals surface area contributed by atoms with E-state index in [1.165, 1.54) is 10.9 Å². The number of aromatic carboxylic acids is 1. The molecule has 0 aromatic carbocycles. The van der Waals surface area contributed by atoms with Crippen LogP contribution in [0.5, 0.6) is 0 Å². The Labute approximate surface area is 75.6 Å². The minimum absolute atomic E-state index is 0.140. The van der Waals surface area contributed by atoms with Crippen LogP contribution < -0.4 is 0 Å². The predicted molar refractivity (Wildman–Crippen MR) is 45.6 cm³/mol. The van der Waals surface area contributed by atoms with Crippen molar-refractivity contribution < 1.29 is 15.0 Å². The molecule has 0 saturated heterocycles. The van der Waals surface area contributed by atoms with Crippen LogP contribution in [0, 0.1) is 6.92 Å². The molecule has 0 radical (unpaired) electrons. The summed E-state index contributed by atoms with van der Waals surface area (Å²) in [6.45, 7) is 3.47. The Morgan fingerprint density at radius 3 is 2.85 bits per heavy atom. The van der Waals surface area contributed by atoms with Gasteiger partial charge >= 0.3 is 5.97 Å². The van der Waals surface area contributed by atoms with Gasteiger partial charge < -0.3 is 10.2 Å². The van der Waals surface area contributed by atoms with Crippen LogP contribution in [0.25, 0.3) is 0 Å². The van der Waals surface area contributed by atoms with Crippen molar-refractivity contribution in [2.75, 3.05) is 0 Å². The Bertz CT molecular complexity index is 317. The van der Waals surface area contributed by atoms with Gasteiger partial charge in [0.2, 0.25) is 0 Å². The van der Waals surface area contributed by atoms with Gasteiger partial charge in [-0.1, -0.05) is 0 Å². The Balaban J connectivity index is 3.00. The molecule has 0 amide bonds. The molecule has 0 fully saturated rings. The highest BCUT2D eigenvalue weighted by Gasteiger charge is 2.15. The molecule has 2 N–H and O–H groups in total. The van der Waals surface area contributed by atoms with Gasteiger partial charge in [0.05, 0.1) is 18.8 Å². The smallest absolute Gasteiger partial charge is 0.354 e. The third-order valence-corrected chi connectivity index (χ3v) is 1.66. The molecule has 13 heavy (non-hydrogen) atoms. The first kappa shape index (κ1) is 9.73. The van der Waals surface area contributed by atoms with Crippen molar-refractivity contribution in [2.24, 2.45) is 0 Å². The lowest BCUT2D eigenvalue weighted by Crippen LogP contribution is -2.18. The van der Waals surface area contributed by atoms with Crippen LogP contribution in [0.15, 0.2) is 6.20 Å². The normalized spacial score (nSPS) is 12.8. The Kier molecular flexibility index (Phi) is 2.67. The third-order valence-electron chi connectivity index (χ3n) is 1.66. The summed E-state index contributed by atoms with van der Waals surface area (Å²) in [5.41, 5.74) is 0.744. The van der Waals surface area contributed by atoms with E-state index in [0.29, 0.717) is 5.56 Å². The summed E-state index contributed by atoms with van der Waals surface area (Å²) in [4.78, 5) is 10.7. The standard InChI is InChI=1S/C8H12N2O3/c1-5-3-9-10(4-6(2)11)7(5)8(12)13/h3,6,11H,4H2,1-2H3,(H,12,13). The summed E-state index contributed by atoms with van der Waals surface area (Å²) in [6, 6.07) is 0. The van der Waals surface area contributed by atoms with E-state index in [2.05, 4.69) is 5.10 Å². The van der Waals surface area contributed by atoms with E-state index in [-0.39, 0.29) is 12.2 Å². The van der Waals surface area contributed by atoms with Crippen LogP contribution in [0.3, 0.4) is 0 Å². The van der Waals surface area contributed by atoms with Crippen LogP contribution in [0.4, 0.5) is 0 Å². The molecule has 1 aromatic heterocycles. The molecule has 1 atom stereocenters. The lowest BCUT2D eigenvalue weighted by Gasteiger charge is -2.06. The van der Waals surface area contributed by atoms with Crippen molar-refractivity contribution >= 4 is 5.97 Å². The van der Waals surface area contributed by atoms with Gasteiger partial charge in [-0.25, -0.2) is 4.79 Å². The van der Waals surface area contributed by atoms with Crippen molar-refractivity contribution in [1.29, 1.82) is 0 Å². The van der Waals surface area contributed by atoms with Crippen LogP contribution in [0.1, 0.15) is 23.0 Å². The second-order valence-corrected chi connectivity index (χ2v) is 3.01. The van der Waals surface area contributed by atoms with Crippen molar-refractivity contribution in [3.63, 3.8) is 0 Å². The summed E-state index contributed by atoms with van der Waals surface area (Å²) in [5.74, 6) is -1.02. The number of aliphatic hydroxyl groups excluding tert-OH is 1. The molecule has 1 unspecified atom stereocenters. The predicted octanol–water partition coefficient (Wildman–Crippen LogP) is 0.271. The molecule has 5 nitrogen and oxygen atoms in total. The number of carboxylic acids is 1. The Morgan fingerprint density at radius 2 is 2.38 bits per heavy atom. The van der Waals surface area contributed by atoms with Crippen LogP contribution in [0.2, 0.25) is 0 Å². The number of carbonyl (C=O) groups is 1. The summed E-state index contributed by atoms with van der Waals surface area (Å²) in [5, 5.41) is 21.7. The first-order valence-electron chi connectivity index (χ1n) is 3.96. The minimum Gasteiger partial charge on any atom is -0.477 e. The zero-order valence-electron chi connectivity index (χ0n) is 7.56. The zero-order valence-corrected chi connectivity index (χ0v) is 7.56. The molecule has 1 rings (SSSR count). The van der Waals surface area contributed by atoms with Crippen LogP contribution in [-0.4, -0.2) is 32.1 Å². The van der Waals surface area contributed by atoms with Gasteiger partial charge in [-0.05, 0) is 13.8 Å². The van der Waals surface area contributed by atoms with Gasteiger partial charge in [0.1, 0.15) is 5.69 Å². The van der Waals surface area contributed by atoms with E-state index in [0.717, 1.165) is 0 Å². The maximum atomic E-state index is 10.7. The lowest BCUT2D eigenvalue weighted by atomic mass is 10.3. The van der Waals surface area contributed by atoms with Crippen LogP contribution >= 0.6 is 0 Å². The number of hydrogen-bond acceptors (Lipinski definition) is 3. The zero-order chi connectivity index (χ0) is 10.0. The first-order chi connectivity index (χ1) is 6.02. The highest BCUT2D eigenvalue weighted by atomic mass is 16.4. The molecular weight excluding hydrogens is 172 g/mol. The molecule has 1 aromatic rings. The number of aromatic nitrogens is 2.